The first-order chi connectivity index (χ1) is 12.6. The van der Waals surface area contributed by atoms with Crippen molar-refractivity contribution in [1.29, 1.82) is 0 Å². The smallest absolute Gasteiger partial charge is 0.331 e. The Labute approximate surface area is 161 Å². The molecule has 0 saturated heterocycles. The van der Waals surface area contributed by atoms with Crippen LogP contribution in [0, 0.1) is 11.6 Å². The van der Waals surface area contributed by atoms with Gasteiger partial charge in [-0.25, -0.2) is 13.6 Å². The van der Waals surface area contributed by atoms with Crippen LogP contribution in [0.15, 0.2) is 50.5 Å². The van der Waals surface area contributed by atoms with Crippen molar-refractivity contribution in [2.24, 2.45) is 0 Å². The Morgan fingerprint density at radius 1 is 1.07 bits per heavy atom. The van der Waals surface area contributed by atoms with Crippen molar-refractivity contribution in [3.8, 4) is 0 Å². The van der Waals surface area contributed by atoms with Crippen molar-refractivity contribution < 1.29 is 13.9 Å². The van der Waals surface area contributed by atoms with Gasteiger partial charge in [-0.1, -0.05) is 28.1 Å². The van der Waals surface area contributed by atoms with Crippen LogP contribution in [0.4, 0.5) is 8.78 Å². The second-order valence-corrected chi connectivity index (χ2v) is 7.90. The molecule has 0 unspecified atom stereocenters. The van der Waals surface area contributed by atoms with Gasteiger partial charge < -0.3 is 5.11 Å². The highest BCUT2D eigenvalue weighted by Gasteiger charge is 2.22. The molecular formula is C19H17BrF2N2O3. The normalized spacial score (nSPS) is 11.9. The lowest BCUT2D eigenvalue weighted by atomic mass is 10.1. The minimum absolute atomic E-state index is 0.0646. The predicted octanol–water partition coefficient (Wildman–Crippen LogP) is 3.02. The van der Waals surface area contributed by atoms with E-state index in [-0.39, 0.29) is 24.0 Å². The minimum atomic E-state index is -1.35. The SMILES string of the molecule is CC(C)(O)Cn1c(=O)n(Cc2ccc(Br)cc2)c(=O)c2cc(F)cc(F)c21. The molecule has 0 saturated carbocycles. The van der Waals surface area contributed by atoms with Gasteiger partial charge in [0.1, 0.15) is 5.82 Å². The molecule has 3 aromatic rings. The van der Waals surface area contributed by atoms with E-state index in [2.05, 4.69) is 15.9 Å². The van der Waals surface area contributed by atoms with Crippen molar-refractivity contribution in [2.75, 3.05) is 0 Å². The fraction of sp³-hybridized carbons (Fsp3) is 0.263. The number of halogens is 3. The number of hydrogen-bond donors (Lipinski definition) is 1. The molecule has 0 aliphatic heterocycles. The molecule has 0 radical (unpaired) electrons. The molecule has 0 bridgehead atoms. The summed E-state index contributed by atoms with van der Waals surface area (Å²) in [7, 11) is 0. The van der Waals surface area contributed by atoms with Crippen LogP contribution in [0.3, 0.4) is 0 Å². The van der Waals surface area contributed by atoms with Gasteiger partial charge in [-0.2, -0.15) is 0 Å². The largest absolute Gasteiger partial charge is 0.389 e. The summed E-state index contributed by atoms with van der Waals surface area (Å²) in [6.07, 6.45) is 0. The van der Waals surface area contributed by atoms with Gasteiger partial charge in [0.2, 0.25) is 0 Å². The second kappa shape index (κ2) is 7.01. The topological polar surface area (TPSA) is 64.2 Å². The van der Waals surface area contributed by atoms with E-state index in [0.29, 0.717) is 11.6 Å². The minimum Gasteiger partial charge on any atom is -0.389 e. The van der Waals surface area contributed by atoms with E-state index in [4.69, 9.17) is 0 Å². The number of hydrogen-bond acceptors (Lipinski definition) is 3. The number of aromatic nitrogens is 2. The lowest BCUT2D eigenvalue weighted by Crippen LogP contribution is -2.43. The zero-order chi connectivity index (χ0) is 19.9. The Morgan fingerprint density at radius 3 is 2.30 bits per heavy atom. The average molecular weight is 439 g/mol. The monoisotopic (exact) mass is 438 g/mol. The van der Waals surface area contributed by atoms with Gasteiger partial charge in [0.25, 0.3) is 5.56 Å². The third kappa shape index (κ3) is 4.01. The lowest BCUT2D eigenvalue weighted by molar-refractivity contribution is 0.0608. The first kappa shape index (κ1) is 19.4. The van der Waals surface area contributed by atoms with E-state index in [1.54, 1.807) is 24.3 Å². The second-order valence-electron chi connectivity index (χ2n) is 6.98. The molecule has 0 aliphatic rings. The first-order valence-electron chi connectivity index (χ1n) is 8.16. The molecule has 1 N–H and O–H groups in total. The highest BCUT2D eigenvalue weighted by atomic mass is 79.9. The first-order valence-corrected chi connectivity index (χ1v) is 8.95. The van der Waals surface area contributed by atoms with Gasteiger partial charge in [-0.05, 0) is 37.6 Å². The van der Waals surface area contributed by atoms with Gasteiger partial charge in [-0.3, -0.25) is 13.9 Å². The van der Waals surface area contributed by atoms with Crippen LogP contribution in [0.5, 0.6) is 0 Å². The molecule has 0 spiro atoms. The van der Waals surface area contributed by atoms with Crippen molar-refractivity contribution in [3.63, 3.8) is 0 Å². The summed E-state index contributed by atoms with van der Waals surface area (Å²) in [5.41, 5.74) is -2.56. The maximum atomic E-state index is 14.4. The molecule has 0 atom stereocenters. The summed E-state index contributed by atoms with van der Waals surface area (Å²) in [5, 5.41) is 9.88. The number of fused-ring (bicyclic) bond motifs is 1. The summed E-state index contributed by atoms with van der Waals surface area (Å²) >= 11 is 3.31. The average Bonchev–Trinajstić information content (AvgIpc) is 2.56. The van der Waals surface area contributed by atoms with Crippen LogP contribution in [-0.4, -0.2) is 19.8 Å². The number of benzene rings is 2. The Hall–Kier alpha value is -2.32. The van der Waals surface area contributed by atoms with Gasteiger partial charge in [0, 0.05) is 10.5 Å². The maximum absolute atomic E-state index is 14.4. The summed E-state index contributed by atoms with van der Waals surface area (Å²) in [6.45, 7) is 2.59. The highest BCUT2D eigenvalue weighted by molar-refractivity contribution is 9.10. The maximum Gasteiger partial charge on any atom is 0.331 e. The molecule has 142 valence electrons. The van der Waals surface area contributed by atoms with Crippen molar-refractivity contribution >= 4 is 26.8 Å². The molecule has 8 heteroatoms. The van der Waals surface area contributed by atoms with Gasteiger partial charge in [0.15, 0.2) is 5.82 Å². The highest BCUT2D eigenvalue weighted by Crippen LogP contribution is 2.18. The molecule has 3 rings (SSSR count). The Bertz CT molecular complexity index is 1130. The van der Waals surface area contributed by atoms with Crippen LogP contribution in [-0.2, 0) is 13.1 Å². The lowest BCUT2D eigenvalue weighted by Gasteiger charge is -2.21. The fourth-order valence-electron chi connectivity index (χ4n) is 2.92. The molecule has 5 nitrogen and oxygen atoms in total. The van der Waals surface area contributed by atoms with Crippen LogP contribution >= 0.6 is 15.9 Å². The zero-order valence-corrected chi connectivity index (χ0v) is 16.3. The van der Waals surface area contributed by atoms with Crippen LogP contribution in [0.2, 0.25) is 0 Å². The van der Waals surface area contributed by atoms with Crippen molar-refractivity contribution in [3.05, 3.63) is 78.9 Å². The molecule has 0 amide bonds. The molecule has 1 aromatic heterocycles. The van der Waals surface area contributed by atoms with Gasteiger partial charge >= 0.3 is 5.69 Å². The van der Waals surface area contributed by atoms with Crippen LogP contribution in [0.1, 0.15) is 19.4 Å². The van der Waals surface area contributed by atoms with Crippen LogP contribution < -0.4 is 11.2 Å². The molecule has 2 aromatic carbocycles. The third-order valence-electron chi connectivity index (χ3n) is 4.03. The summed E-state index contributed by atoms with van der Waals surface area (Å²) in [4.78, 5) is 25.7. The predicted molar refractivity (Wildman–Crippen MR) is 102 cm³/mol. The fourth-order valence-corrected chi connectivity index (χ4v) is 3.19. The zero-order valence-electron chi connectivity index (χ0n) is 14.7. The van der Waals surface area contributed by atoms with Gasteiger partial charge in [0.05, 0.1) is 29.6 Å². The van der Waals surface area contributed by atoms with E-state index in [9.17, 15) is 23.5 Å². The van der Waals surface area contributed by atoms with Crippen molar-refractivity contribution in [1.82, 2.24) is 9.13 Å². The van der Waals surface area contributed by atoms with Crippen molar-refractivity contribution in [2.45, 2.75) is 32.5 Å². The molecule has 1 heterocycles. The van der Waals surface area contributed by atoms with E-state index in [1.807, 2.05) is 0 Å². The summed E-state index contributed by atoms with van der Waals surface area (Å²) in [6, 6.07) is 8.49. The summed E-state index contributed by atoms with van der Waals surface area (Å²) < 4.78 is 30.9. The van der Waals surface area contributed by atoms with E-state index in [1.165, 1.54) is 13.8 Å². The van der Waals surface area contributed by atoms with Gasteiger partial charge in [-0.15, -0.1) is 0 Å². The Morgan fingerprint density at radius 2 is 1.70 bits per heavy atom. The summed E-state index contributed by atoms with van der Waals surface area (Å²) in [5.74, 6) is -1.94. The van der Waals surface area contributed by atoms with Crippen LogP contribution in [0.25, 0.3) is 10.9 Å². The third-order valence-corrected chi connectivity index (χ3v) is 4.56. The number of rotatable bonds is 4. The number of aliphatic hydroxyl groups is 1. The van der Waals surface area contributed by atoms with E-state index >= 15 is 0 Å². The van der Waals surface area contributed by atoms with E-state index < -0.39 is 28.5 Å². The molecule has 0 aliphatic carbocycles. The van der Waals surface area contributed by atoms with E-state index in [0.717, 1.165) is 19.7 Å². The Kier molecular flexibility index (Phi) is 5.05. The quantitative estimate of drug-likeness (QED) is 0.680. The standard InChI is InChI=1S/C19H17BrF2N2O3/c1-19(2,27)10-24-16-14(7-13(21)8-15(16)22)17(25)23(18(24)26)9-11-3-5-12(20)6-4-11/h3-8,27H,9-10H2,1-2H3. The number of nitrogens with zero attached hydrogens (tertiary/aromatic N) is 2. The molecule has 0 fully saturated rings. The Balaban J connectivity index is 2.32. The molecule has 27 heavy (non-hydrogen) atoms. The molecular weight excluding hydrogens is 422 g/mol.